The van der Waals surface area contributed by atoms with E-state index in [1.54, 1.807) is 48.5 Å². The van der Waals surface area contributed by atoms with Crippen LogP contribution in [0.5, 0.6) is 5.75 Å². The van der Waals surface area contributed by atoms with Gasteiger partial charge < -0.3 is 30.7 Å². The van der Waals surface area contributed by atoms with E-state index in [0.717, 1.165) is 63.4 Å². The van der Waals surface area contributed by atoms with Crippen LogP contribution in [0.2, 0.25) is 0 Å². The summed E-state index contributed by atoms with van der Waals surface area (Å²) in [6, 6.07) is 17.6. The van der Waals surface area contributed by atoms with Crippen molar-refractivity contribution in [3.8, 4) is 5.75 Å². The summed E-state index contributed by atoms with van der Waals surface area (Å²) in [5.74, 6) is 0.374. The van der Waals surface area contributed by atoms with Gasteiger partial charge in [-0.2, -0.15) is 0 Å². The number of benzene rings is 2. The Labute approximate surface area is 235 Å². The van der Waals surface area contributed by atoms with Crippen molar-refractivity contribution in [2.75, 3.05) is 62.9 Å². The number of rotatable bonds is 12. The number of carbonyl (C=O) groups is 2. The number of aromatic nitrogens is 1. The average Bonchev–Trinajstić information content (AvgIpc) is 2.98. The molecule has 1 aromatic heterocycles. The minimum Gasteiger partial charge on any atom is -0.497 e. The van der Waals surface area contributed by atoms with E-state index in [9.17, 15) is 9.59 Å². The van der Waals surface area contributed by atoms with Gasteiger partial charge in [0, 0.05) is 38.1 Å². The highest BCUT2D eigenvalue weighted by Crippen LogP contribution is 2.19. The van der Waals surface area contributed by atoms with Crippen molar-refractivity contribution >= 4 is 29.0 Å². The molecule has 212 valence electrons. The molecule has 1 aliphatic rings. The van der Waals surface area contributed by atoms with Crippen molar-refractivity contribution in [3.63, 3.8) is 0 Å². The summed E-state index contributed by atoms with van der Waals surface area (Å²) in [4.78, 5) is 34.5. The number of hydrogen-bond acceptors (Lipinski definition) is 7. The van der Waals surface area contributed by atoms with Crippen LogP contribution in [-0.2, 0) is 11.3 Å². The Morgan fingerprint density at radius 2 is 1.77 bits per heavy atom. The highest BCUT2D eigenvalue weighted by atomic mass is 16.5. The first kappa shape index (κ1) is 28.8. The van der Waals surface area contributed by atoms with Gasteiger partial charge >= 0.3 is 6.03 Å². The predicted molar refractivity (Wildman–Crippen MR) is 157 cm³/mol. The zero-order chi connectivity index (χ0) is 28.2. The van der Waals surface area contributed by atoms with E-state index in [0.29, 0.717) is 30.2 Å². The molecular weight excluding hydrogens is 508 g/mol. The monoisotopic (exact) mass is 546 g/mol. The van der Waals surface area contributed by atoms with Gasteiger partial charge in [0.05, 0.1) is 31.7 Å². The fourth-order valence-electron chi connectivity index (χ4n) is 4.44. The molecule has 0 unspecified atom stereocenters. The number of carbonyl (C=O) groups excluding carboxylic acids is 2. The normalized spacial score (nSPS) is 13.4. The minimum absolute atomic E-state index is 0.195. The highest BCUT2D eigenvalue weighted by Gasteiger charge is 2.16. The predicted octanol–water partition coefficient (Wildman–Crippen LogP) is 4.46. The first-order valence-corrected chi connectivity index (χ1v) is 13.6. The summed E-state index contributed by atoms with van der Waals surface area (Å²) in [6.07, 6.45) is 4.61. The van der Waals surface area contributed by atoms with Crippen molar-refractivity contribution in [1.29, 1.82) is 0 Å². The topological polar surface area (TPSA) is 122 Å². The fraction of sp³-hybridized carbons (Fsp3) is 0.367. The second-order valence-electron chi connectivity index (χ2n) is 9.69. The quantitative estimate of drug-likeness (QED) is 0.226. The van der Waals surface area contributed by atoms with E-state index in [1.165, 1.54) is 0 Å². The second kappa shape index (κ2) is 14.9. The number of nitrogens with zero attached hydrogens (tertiary/aromatic N) is 3. The molecule has 0 saturated carbocycles. The number of unbranched alkanes of at least 4 members (excludes halogenated alkanes) is 2. The van der Waals surface area contributed by atoms with Gasteiger partial charge in [0.25, 0.3) is 5.91 Å². The molecule has 0 spiro atoms. The molecular formula is C30H38N6O4. The minimum atomic E-state index is -0.348. The third-order valence-corrected chi connectivity index (χ3v) is 6.77. The summed E-state index contributed by atoms with van der Waals surface area (Å²) in [5, 5.41) is 5.76. The first-order chi connectivity index (χ1) is 19.5. The van der Waals surface area contributed by atoms with Crippen LogP contribution in [0.25, 0.3) is 0 Å². The molecule has 10 nitrogen and oxygen atoms in total. The van der Waals surface area contributed by atoms with E-state index >= 15 is 0 Å². The van der Waals surface area contributed by atoms with Gasteiger partial charge in [0.1, 0.15) is 11.4 Å². The van der Waals surface area contributed by atoms with Gasteiger partial charge in [0.15, 0.2) is 0 Å². The van der Waals surface area contributed by atoms with Crippen LogP contribution in [-0.4, -0.2) is 73.2 Å². The molecule has 40 heavy (non-hydrogen) atoms. The van der Waals surface area contributed by atoms with E-state index < -0.39 is 0 Å². The third kappa shape index (κ3) is 8.69. The maximum atomic E-state index is 13.3. The summed E-state index contributed by atoms with van der Waals surface area (Å²) in [7, 11) is 1.61. The van der Waals surface area contributed by atoms with Crippen molar-refractivity contribution in [3.05, 3.63) is 78.1 Å². The van der Waals surface area contributed by atoms with Crippen LogP contribution in [0, 0.1) is 0 Å². The molecule has 10 heteroatoms. The standard InChI is InChI=1S/C30H38N6O4/c1-39-25-12-10-24(11-13-25)33-30(38)36(16-6-2-5-15-35-17-19-40-20-18-35)22-23-9-14-28(32-21-23)29(37)34-27-8-4-3-7-26(27)31/h3-4,7-14,21H,2,5-6,15-20,22,31H2,1H3,(H,33,38)(H,34,37). The first-order valence-electron chi connectivity index (χ1n) is 13.6. The lowest BCUT2D eigenvalue weighted by molar-refractivity contribution is 0.0371. The number of nitrogens with two attached hydrogens (primary N) is 1. The van der Waals surface area contributed by atoms with Gasteiger partial charge in [-0.3, -0.25) is 14.7 Å². The van der Waals surface area contributed by atoms with Crippen LogP contribution < -0.4 is 21.1 Å². The average molecular weight is 547 g/mol. The number of ether oxygens (including phenoxy) is 2. The summed E-state index contributed by atoms with van der Waals surface area (Å²) in [6.45, 7) is 5.57. The number of nitrogen functional groups attached to an aromatic ring is 1. The van der Waals surface area contributed by atoms with Crippen LogP contribution in [0.15, 0.2) is 66.9 Å². The SMILES string of the molecule is COc1ccc(NC(=O)N(CCCCCN2CCOCC2)Cc2ccc(C(=O)Nc3ccccc3N)nc2)cc1. The molecule has 3 aromatic rings. The number of hydrogen-bond donors (Lipinski definition) is 3. The lowest BCUT2D eigenvalue weighted by Crippen LogP contribution is -2.37. The smallest absolute Gasteiger partial charge is 0.322 e. The molecule has 3 amide bonds. The van der Waals surface area contributed by atoms with E-state index in [2.05, 4.69) is 20.5 Å². The van der Waals surface area contributed by atoms with Gasteiger partial charge in [-0.15, -0.1) is 0 Å². The number of para-hydroxylation sites is 2. The molecule has 1 fully saturated rings. The lowest BCUT2D eigenvalue weighted by Gasteiger charge is -2.27. The maximum absolute atomic E-state index is 13.3. The Kier molecular flexibility index (Phi) is 10.7. The van der Waals surface area contributed by atoms with Crippen molar-refractivity contribution in [1.82, 2.24) is 14.8 Å². The number of amides is 3. The number of anilines is 3. The molecule has 2 heterocycles. The van der Waals surface area contributed by atoms with Crippen molar-refractivity contribution < 1.29 is 19.1 Å². The van der Waals surface area contributed by atoms with Crippen LogP contribution >= 0.6 is 0 Å². The van der Waals surface area contributed by atoms with Crippen LogP contribution in [0.4, 0.5) is 21.9 Å². The van der Waals surface area contributed by atoms with Crippen LogP contribution in [0.1, 0.15) is 35.3 Å². The Morgan fingerprint density at radius 3 is 2.48 bits per heavy atom. The van der Waals surface area contributed by atoms with E-state index in [1.807, 2.05) is 30.3 Å². The number of morpholine rings is 1. The Hall–Kier alpha value is -4.15. The molecule has 1 saturated heterocycles. The molecule has 4 N–H and O–H groups in total. The summed E-state index contributed by atoms with van der Waals surface area (Å²) < 4.78 is 10.6. The number of pyridine rings is 1. The molecule has 4 rings (SSSR count). The molecule has 0 bridgehead atoms. The molecule has 0 radical (unpaired) electrons. The zero-order valence-corrected chi connectivity index (χ0v) is 23.0. The van der Waals surface area contributed by atoms with E-state index in [-0.39, 0.29) is 17.6 Å². The van der Waals surface area contributed by atoms with Crippen molar-refractivity contribution in [2.24, 2.45) is 0 Å². The number of nitrogens with one attached hydrogen (secondary N) is 2. The fourth-order valence-corrected chi connectivity index (χ4v) is 4.44. The van der Waals surface area contributed by atoms with Gasteiger partial charge in [-0.1, -0.05) is 24.6 Å². The summed E-state index contributed by atoms with van der Waals surface area (Å²) in [5.41, 5.74) is 8.73. The maximum Gasteiger partial charge on any atom is 0.322 e. The second-order valence-corrected chi connectivity index (χ2v) is 9.69. The number of urea groups is 1. The van der Waals surface area contributed by atoms with Gasteiger partial charge in [0.2, 0.25) is 0 Å². The molecule has 0 aliphatic carbocycles. The van der Waals surface area contributed by atoms with Crippen LogP contribution in [0.3, 0.4) is 0 Å². The molecule has 2 aromatic carbocycles. The number of methoxy groups -OCH3 is 1. The zero-order valence-electron chi connectivity index (χ0n) is 23.0. The van der Waals surface area contributed by atoms with E-state index in [4.69, 9.17) is 15.2 Å². The highest BCUT2D eigenvalue weighted by molar-refractivity contribution is 6.04. The Balaban J connectivity index is 1.35. The Morgan fingerprint density at radius 1 is 1.00 bits per heavy atom. The van der Waals surface area contributed by atoms with Gasteiger partial charge in [-0.05, 0) is 67.4 Å². The molecule has 1 aliphatic heterocycles. The Bertz CT molecular complexity index is 1230. The van der Waals surface area contributed by atoms with Crippen molar-refractivity contribution in [2.45, 2.75) is 25.8 Å². The third-order valence-electron chi connectivity index (χ3n) is 6.77. The van der Waals surface area contributed by atoms with Gasteiger partial charge in [-0.25, -0.2) is 4.79 Å². The summed E-state index contributed by atoms with van der Waals surface area (Å²) >= 11 is 0. The lowest BCUT2D eigenvalue weighted by atomic mass is 10.2. The molecule has 0 atom stereocenters. The largest absolute Gasteiger partial charge is 0.497 e.